The van der Waals surface area contributed by atoms with Gasteiger partial charge in [0, 0.05) is 6.61 Å². The molecule has 0 amide bonds. The molecule has 0 atom stereocenters. The third kappa shape index (κ3) is 6.85. The van der Waals surface area contributed by atoms with Crippen LogP contribution in [-0.2, 0) is 11.3 Å². The molecule has 0 aromatic heterocycles. The molecule has 0 radical (unpaired) electrons. The summed E-state index contributed by atoms with van der Waals surface area (Å²) in [7, 11) is 0. The molecule has 0 spiro atoms. The summed E-state index contributed by atoms with van der Waals surface area (Å²) in [6.45, 7) is 5.94. The number of hydrogen-bond donors (Lipinski definition) is 0. The van der Waals surface area contributed by atoms with E-state index >= 15 is 0 Å². The van der Waals surface area contributed by atoms with E-state index in [-0.39, 0.29) is 0 Å². The quantitative estimate of drug-likeness (QED) is 0.293. The van der Waals surface area contributed by atoms with Crippen molar-refractivity contribution in [3.63, 3.8) is 0 Å². The molecular formula is C28H38O. The van der Waals surface area contributed by atoms with Crippen molar-refractivity contribution in [3.05, 3.63) is 71.8 Å². The second kappa shape index (κ2) is 12.0. The fourth-order valence-corrected chi connectivity index (χ4v) is 4.45. The molecule has 0 unspecified atom stereocenters. The van der Waals surface area contributed by atoms with Gasteiger partial charge in [-0.2, -0.15) is 0 Å². The average Bonchev–Trinajstić information content (AvgIpc) is 2.78. The van der Waals surface area contributed by atoms with Gasteiger partial charge in [0.1, 0.15) is 0 Å². The van der Waals surface area contributed by atoms with Crippen LogP contribution < -0.4 is 0 Å². The fourth-order valence-electron chi connectivity index (χ4n) is 4.45. The second-order valence-corrected chi connectivity index (χ2v) is 8.60. The van der Waals surface area contributed by atoms with Gasteiger partial charge in [-0.05, 0) is 79.5 Å². The Balaban J connectivity index is 1.50. The van der Waals surface area contributed by atoms with Crippen molar-refractivity contribution in [3.8, 4) is 11.1 Å². The molecule has 1 nitrogen and oxygen atoms in total. The summed E-state index contributed by atoms with van der Waals surface area (Å²) in [6, 6.07) is 18.2. The molecule has 1 aliphatic rings. The van der Waals surface area contributed by atoms with Crippen LogP contribution in [-0.4, -0.2) is 6.61 Å². The predicted octanol–water partition coefficient (Wildman–Crippen LogP) is 8.30. The molecule has 0 bridgehead atoms. The predicted molar refractivity (Wildman–Crippen MR) is 125 cm³/mol. The number of ether oxygens (including phenoxy) is 1. The Morgan fingerprint density at radius 3 is 2.14 bits per heavy atom. The van der Waals surface area contributed by atoms with E-state index in [2.05, 4.69) is 74.5 Å². The molecule has 1 aliphatic carbocycles. The lowest BCUT2D eigenvalue weighted by molar-refractivity contribution is 0.117. The topological polar surface area (TPSA) is 9.23 Å². The monoisotopic (exact) mass is 390 g/mol. The second-order valence-electron chi connectivity index (χ2n) is 8.60. The fraction of sp³-hybridized carbons (Fsp3) is 0.500. The molecule has 2 aromatic rings. The molecule has 2 aromatic carbocycles. The Kier molecular flexibility index (Phi) is 9.02. The van der Waals surface area contributed by atoms with Crippen LogP contribution in [0, 0.1) is 5.92 Å². The standard InChI is InChI=1S/C28H38O/c1-3-5-7-21-29-22-24-11-15-26(16-12-24)28-19-17-27(18-20-28)25-13-9-23(10-14-25)8-6-4-2/h4,6,11-12,15-20,23,25H,3,5,7-10,13-14,21-22H2,1-2H3. The van der Waals surface area contributed by atoms with Crippen LogP contribution in [0.5, 0.6) is 0 Å². The number of allylic oxidation sites excluding steroid dienone is 2. The summed E-state index contributed by atoms with van der Waals surface area (Å²) in [5.41, 5.74) is 5.39. The molecule has 29 heavy (non-hydrogen) atoms. The minimum absolute atomic E-state index is 0.722. The Bertz CT molecular complexity index is 718. The van der Waals surface area contributed by atoms with E-state index in [1.807, 2.05) is 0 Å². The minimum atomic E-state index is 0.722. The van der Waals surface area contributed by atoms with Crippen molar-refractivity contribution in [2.75, 3.05) is 6.61 Å². The Morgan fingerprint density at radius 2 is 1.52 bits per heavy atom. The molecule has 0 aliphatic heterocycles. The number of benzene rings is 2. The first-order valence-electron chi connectivity index (χ1n) is 11.7. The van der Waals surface area contributed by atoms with Crippen LogP contribution >= 0.6 is 0 Å². The van der Waals surface area contributed by atoms with Crippen LogP contribution in [0.3, 0.4) is 0 Å². The van der Waals surface area contributed by atoms with Gasteiger partial charge in [-0.25, -0.2) is 0 Å². The summed E-state index contributed by atoms with van der Waals surface area (Å²) < 4.78 is 5.78. The first-order chi connectivity index (χ1) is 14.3. The molecule has 1 saturated carbocycles. The van der Waals surface area contributed by atoms with E-state index in [0.29, 0.717) is 0 Å². The highest BCUT2D eigenvalue weighted by Crippen LogP contribution is 2.37. The summed E-state index contributed by atoms with van der Waals surface area (Å²) in [5.74, 6) is 1.65. The Hall–Kier alpha value is -1.86. The van der Waals surface area contributed by atoms with Gasteiger partial charge in [-0.15, -0.1) is 0 Å². The van der Waals surface area contributed by atoms with Crippen molar-refractivity contribution in [1.82, 2.24) is 0 Å². The van der Waals surface area contributed by atoms with E-state index in [4.69, 9.17) is 4.74 Å². The number of hydrogen-bond acceptors (Lipinski definition) is 1. The van der Waals surface area contributed by atoms with Gasteiger partial charge >= 0.3 is 0 Å². The lowest BCUT2D eigenvalue weighted by Gasteiger charge is -2.28. The molecule has 1 heteroatoms. The summed E-state index contributed by atoms with van der Waals surface area (Å²) >= 11 is 0. The number of rotatable bonds is 10. The molecule has 0 heterocycles. The first kappa shape index (κ1) is 21.8. The maximum absolute atomic E-state index is 5.78. The maximum atomic E-state index is 5.78. The Labute approximate surface area is 178 Å². The van der Waals surface area contributed by atoms with Crippen molar-refractivity contribution in [2.24, 2.45) is 5.92 Å². The van der Waals surface area contributed by atoms with E-state index in [9.17, 15) is 0 Å². The van der Waals surface area contributed by atoms with E-state index < -0.39 is 0 Å². The maximum Gasteiger partial charge on any atom is 0.0716 e. The average molecular weight is 391 g/mol. The van der Waals surface area contributed by atoms with E-state index in [1.165, 1.54) is 73.6 Å². The molecule has 0 saturated heterocycles. The van der Waals surface area contributed by atoms with Crippen LogP contribution in [0.4, 0.5) is 0 Å². The summed E-state index contributed by atoms with van der Waals surface area (Å²) in [6.07, 6.45) is 14.9. The van der Waals surface area contributed by atoms with E-state index in [0.717, 1.165) is 25.0 Å². The first-order valence-corrected chi connectivity index (χ1v) is 11.7. The molecule has 3 rings (SSSR count). The van der Waals surface area contributed by atoms with Crippen LogP contribution in [0.15, 0.2) is 60.7 Å². The van der Waals surface area contributed by atoms with Crippen molar-refractivity contribution in [2.45, 2.75) is 77.7 Å². The van der Waals surface area contributed by atoms with E-state index in [1.54, 1.807) is 0 Å². The minimum Gasteiger partial charge on any atom is -0.377 e. The molecular weight excluding hydrogens is 352 g/mol. The lowest BCUT2D eigenvalue weighted by Crippen LogP contribution is -2.12. The van der Waals surface area contributed by atoms with Gasteiger partial charge in [-0.1, -0.05) is 80.4 Å². The summed E-state index contributed by atoms with van der Waals surface area (Å²) in [5, 5.41) is 0. The third-order valence-corrected chi connectivity index (χ3v) is 6.38. The van der Waals surface area contributed by atoms with Gasteiger partial charge < -0.3 is 4.74 Å². The highest BCUT2D eigenvalue weighted by molar-refractivity contribution is 5.64. The third-order valence-electron chi connectivity index (χ3n) is 6.38. The zero-order chi connectivity index (χ0) is 20.3. The zero-order valence-corrected chi connectivity index (χ0v) is 18.4. The molecule has 0 N–H and O–H groups in total. The van der Waals surface area contributed by atoms with Crippen molar-refractivity contribution in [1.29, 1.82) is 0 Å². The highest BCUT2D eigenvalue weighted by Gasteiger charge is 2.21. The lowest BCUT2D eigenvalue weighted by atomic mass is 9.77. The normalized spacial score (nSPS) is 19.7. The SMILES string of the molecule is CC=CCC1CCC(c2ccc(-c3ccc(COCCCCC)cc3)cc2)CC1. The smallest absolute Gasteiger partial charge is 0.0716 e. The van der Waals surface area contributed by atoms with Crippen LogP contribution in [0.1, 0.15) is 82.3 Å². The highest BCUT2D eigenvalue weighted by atomic mass is 16.5. The molecule has 1 fully saturated rings. The zero-order valence-electron chi connectivity index (χ0n) is 18.4. The summed E-state index contributed by atoms with van der Waals surface area (Å²) in [4.78, 5) is 0. The largest absolute Gasteiger partial charge is 0.377 e. The van der Waals surface area contributed by atoms with Crippen LogP contribution in [0.25, 0.3) is 11.1 Å². The van der Waals surface area contributed by atoms with Crippen LogP contribution in [0.2, 0.25) is 0 Å². The Morgan fingerprint density at radius 1 is 0.862 bits per heavy atom. The van der Waals surface area contributed by atoms with Gasteiger partial charge in [0.25, 0.3) is 0 Å². The van der Waals surface area contributed by atoms with Gasteiger partial charge in [-0.3, -0.25) is 0 Å². The number of unbranched alkanes of at least 4 members (excludes halogenated alkanes) is 2. The van der Waals surface area contributed by atoms with Crippen molar-refractivity contribution >= 4 is 0 Å². The van der Waals surface area contributed by atoms with Gasteiger partial charge in [0.2, 0.25) is 0 Å². The van der Waals surface area contributed by atoms with Gasteiger partial charge in [0.15, 0.2) is 0 Å². The molecule has 156 valence electrons. The van der Waals surface area contributed by atoms with Gasteiger partial charge in [0.05, 0.1) is 6.61 Å². The van der Waals surface area contributed by atoms with Crippen molar-refractivity contribution < 1.29 is 4.74 Å².